The molecule has 0 aliphatic rings. The number of nitrogens with zero attached hydrogens (tertiary/aromatic N) is 1. The van der Waals surface area contributed by atoms with E-state index < -0.39 is 0 Å². The van der Waals surface area contributed by atoms with Crippen LogP contribution in [0.25, 0.3) is 0 Å². The Bertz CT molecular complexity index is 250. The number of hydrogen-bond acceptors (Lipinski definition) is 3. The fraction of sp³-hybridized carbons (Fsp3) is 0.818. The van der Waals surface area contributed by atoms with Gasteiger partial charge < -0.3 is 10.6 Å². The quantitative estimate of drug-likeness (QED) is 0.730. The third kappa shape index (κ3) is 6.92. The highest BCUT2D eigenvalue weighted by Gasteiger charge is 2.18. The maximum absolute atomic E-state index is 11.6. The number of nitriles is 1. The highest BCUT2D eigenvalue weighted by atomic mass is 16.2. The van der Waals surface area contributed by atoms with Crippen LogP contribution in [0, 0.1) is 17.2 Å². The smallest absolute Gasteiger partial charge is 0.237 e. The van der Waals surface area contributed by atoms with E-state index in [4.69, 9.17) is 5.26 Å². The molecule has 2 unspecified atom stereocenters. The predicted octanol–water partition coefficient (Wildman–Crippen LogP) is 1.04. The molecule has 0 aliphatic heterocycles. The molecule has 0 aromatic heterocycles. The van der Waals surface area contributed by atoms with E-state index in [1.807, 2.05) is 27.7 Å². The normalized spacial score (nSPS) is 15.2. The molecule has 0 rings (SSSR count). The summed E-state index contributed by atoms with van der Waals surface area (Å²) >= 11 is 0. The first-order chi connectivity index (χ1) is 6.76. The summed E-state index contributed by atoms with van der Waals surface area (Å²) in [6.45, 7) is 9.97. The SMILES string of the molecule is CC(C#N)CNC(C)C(=O)NC(C)(C)C. The van der Waals surface area contributed by atoms with Crippen molar-refractivity contribution in [3.8, 4) is 6.07 Å². The average molecular weight is 211 g/mol. The molecule has 0 bridgehead atoms. The van der Waals surface area contributed by atoms with Crippen molar-refractivity contribution in [2.75, 3.05) is 6.54 Å². The van der Waals surface area contributed by atoms with Crippen LogP contribution in [-0.2, 0) is 4.79 Å². The lowest BCUT2D eigenvalue weighted by molar-refractivity contribution is -0.124. The second-order valence-electron chi connectivity index (χ2n) is 4.90. The Balaban J connectivity index is 3.96. The Morgan fingerprint density at radius 1 is 1.40 bits per heavy atom. The van der Waals surface area contributed by atoms with E-state index in [0.29, 0.717) is 6.54 Å². The summed E-state index contributed by atoms with van der Waals surface area (Å²) < 4.78 is 0. The molecule has 1 amide bonds. The van der Waals surface area contributed by atoms with Gasteiger partial charge >= 0.3 is 0 Å². The van der Waals surface area contributed by atoms with Gasteiger partial charge in [0.1, 0.15) is 0 Å². The fourth-order valence-electron chi connectivity index (χ4n) is 0.970. The number of amides is 1. The Morgan fingerprint density at radius 2 is 1.93 bits per heavy atom. The van der Waals surface area contributed by atoms with Gasteiger partial charge in [0.15, 0.2) is 0 Å². The molecule has 4 nitrogen and oxygen atoms in total. The van der Waals surface area contributed by atoms with Crippen LogP contribution in [0.3, 0.4) is 0 Å². The third-order valence-corrected chi connectivity index (χ3v) is 1.84. The van der Waals surface area contributed by atoms with Crippen LogP contribution in [0.4, 0.5) is 0 Å². The Labute approximate surface area is 92.0 Å². The summed E-state index contributed by atoms with van der Waals surface area (Å²) in [5, 5.41) is 14.5. The van der Waals surface area contributed by atoms with Crippen molar-refractivity contribution in [1.29, 1.82) is 5.26 Å². The predicted molar refractivity (Wildman–Crippen MR) is 60.1 cm³/mol. The number of carbonyl (C=O) groups is 1. The van der Waals surface area contributed by atoms with E-state index in [1.165, 1.54) is 0 Å². The van der Waals surface area contributed by atoms with Crippen molar-refractivity contribution < 1.29 is 4.79 Å². The van der Waals surface area contributed by atoms with Gasteiger partial charge in [0.25, 0.3) is 0 Å². The summed E-state index contributed by atoms with van der Waals surface area (Å²) in [6, 6.07) is 1.85. The molecule has 0 fully saturated rings. The topological polar surface area (TPSA) is 64.9 Å². The van der Waals surface area contributed by atoms with Crippen LogP contribution in [0.2, 0.25) is 0 Å². The minimum atomic E-state index is -0.264. The number of nitrogens with one attached hydrogen (secondary N) is 2. The van der Waals surface area contributed by atoms with Crippen LogP contribution in [0.15, 0.2) is 0 Å². The second kappa shape index (κ2) is 5.72. The van der Waals surface area contributed by atoms with Gasteiger partial charge in [0, 0.05) is 12.1 Å². The summed E-state index contributed by atoms with van der Waals surface area (Å²) in [5.74, 6) is -0.109. The van der Waals surface area contributed by atoms with Crippen molar-refractivity contribution in [3.63, 3.8) is 0 Å². The van der Waals surface area contributed by atoms with Gasteiger partial charge in [-0.2, -0.15) is 5.26 Å². The van der Waals surface area contributed by atoms with E-state index in [-0.39, 0.29) is 23.4 Å². The first kappa shape index (κ1) is 13.9. The molecule has 2 atom stereocenters. The Morgan fingerprint density at radius 3 is 2.33 bits per heavy atom. The van der Waals surface area contributed by atoms with E-state index in [1.54, 1.807) is 6.92 Å². The van der Waals surface area contributed by atoms with Gasteiger partial charge in [-0.15, -0.1) is 0 Å². The molecule has 4 heteroatoms. The van der Waals surface area contributed by atoms with Crippen molar-refractivity contribution in [1.82, 2.24) is 10.6 Å². The Kier molecular flexibility index (Phi) is 5.31. The molecular formula is C11H21N3O. The Hall–Kier alpha value is -1.08. The van der Waals surface area contributed by atoms with Crippen LogP contribution in [0.1, 0.15) is 34.6 Å². The van der Waals surface area contributed by atoms with Crippen molar-refractivity contribution in [2.45, 2.75) is 46.2 Å². The zero-order valence-electron chi connectivity index (χ0n) is 10.2. The highest BCUT2D eigenvalue weighted by molar-refractivity contribution is 5.81. The van der Waals surface area contributed by atoms with E-state index in [2.05, 4.69) is 16.7 Å². The first-order valence-corrected chi connectivity index (χ1v) is 5.21. The zero-order valence-corrected chi connectivity index (χ0v) is 10.2. The molecule has 0 aliphatic carbocycles. The summed E-state index contributed by atoms with van der Waals surface area (Å²) in [5.41, 5.74) is -0.214. The van der Waals surface area contributed by atoms with Gasteiger partial charge in [0.05, 0.1) is 18.0 Å². The van der Waals surface area contributed by atoms with Gasteiger partial charge in [-0.3, -0.25) is 4.79 Å². The van der Waals surface area contributed by atoms with Gasteiger partial charge in [-0.25, -0.2) is 0 Å². The minimum Gasteiger partial charge on any atom is -0.350 e. The zero-order chi connectivity index (χ0) is 12.1. The number of rotatable bonds is 4. The first-order valence-electron chi connectivity index (χ1n) is 5.21. The van der Waals surface area contributed by atoms with E-state index >= 15 is 0 Å². The maximum Gasteiger partial charge on any atom is 0.237 e. The monoisotopic (exact) mass is 211 g/mol. The molecule has 0 saturated heterocycles. The van der Waals surface area contributed by atoms with E-state index in [9.17, 15) is 4.79 Å². The minimum absolute atomic E-state index is 0.0346. The molecule has 0 aromatic carbocycles. The van der Waals surface area contributed by atoms with Gasteiger partial charge in [-0.05, 0) is 34.6 Å². The molecule has 0 heterocycles. The van der Waals surface area contributed by atoms with Gasteiger partial charge in [0.2, 0.25) is 5.91 Å². The van der Waals surface area contributed by atoms with Crippen molar-refractivity contribution in [3.05, 3.63) is 0 Å². The number of hydrogen-bond donors (Lipinski definition) is 2. The molecule has 0 saturated carbocycles. The van der Waals surface area contributed by atoms with Crippen molar-refractivity contribution >= 4 is 5.91 Å². The average Bonchev–Trinajstić information content (AvgIpc) is 2.10. The van der Waals surface area contributed by atoms with Crippen LogP contribution in [0.5, 0.6) is 0 Å². The highest BCUT2D eigenvalue weighted by Crippen LogP contribution is 1.99. The van der Waals surface area contributed by atoms with Crippen molar-refractivity contribution in [2.24, 2.45) is 5.92 Å². The molecule has 0 radical (unpaired) electrons. The third-order valence-electron chi connectivity index (χ3n) is 1.84. The molecule has 15 heavy (non-hydrogen) atoms. The lowest BCUT2D eigenvalue weighted by Crippen LogP contribution is -2.50. The summed E-state index contributed by atoms with van der Waals surface area (Å²) in [7, 11) is 0. The standard InChI is InChI=1S/C11H21N3O/c1-8(6-12)7-13-9(2)10(15)14-11(3,4)5/h8-9,13H,7H2,1-5H3,(H,14,15). The second-order valence-corrected chi connectivity index (χ2v) is 4.90. The maximum atomic E-state index is 11.6. The number of carbonyl (C=O) groups excluding carboxylic acids is 1. The van der Waals surface area contributed by atoms with Crippen LogP contribution in [-0.4, -0.2) is 24.0 Å². The molecule has 0 spiro atoms. The lowest BCUT2D eigenvalue weighted by atomic mass is 10.1. The fourth-order valence-corrected chi connectivity index (χ4v) is 0.970. The summed E-state index contributed by atoms with van der Waals surface area (Å²) in [4.78, 5) is 11.6. The molecule has 0 aromatic rings. The van der Waals surface area contributed by atoms with Gasteiger partial charge in [-0.1, -0.05) is 0 Å². The largest absolute Gasteiger partial charge is 0.350 e. The molecule has 2 N–H and O–H groups in total. The summed E-state index contributed by atoms with van der Waals surface area (Å²) in [6.07, 6.45) is 0. The van der Waals surface area contributed by atoms with Crippen LogP contribution < -0.4 is 10.6 Å². The lowest BCUT2D eigenvalue weighted by Gasteiger charge is -2.23. The van der Waals surface area contributed by atoms with E-state index in [0.717, 1.165) is 0 Å². The molecule has 86 valence electrons. The van der Waals surface area contributed by atoms with Crippen LogP contribution >= 0.6 is 0 Å². The molecular weight excluding hydrogens is 190 g/mol.